The molecule has 0 radical (unpaired) electrons. The number of esters is 1. The maximum atomic E-state index is 13.4. The van der Waals surface area contributed by atoms with Crippen molar-refractivity contribution in [3.63, 3.8) is 0 Å². The summed E-state index contributed by atoms with van der Waals surface area (Å²) in [6.07, 6.45) is -3.01. The first-order chi connectivity index (χ1) is 11.9. The number of benzene rings is 1. The van der Waals surface area contributed by atoms with E-state index in [1.165, 1.54) is 13.3 Å². The van der Waals surface area contributed by atoms with Crippen LogP contribution in [0.2, 0.25) is 0 Å². The lowest BCUT2D eigenvalue weighted by Gasteiger charge is -2.42. The number of hydrogen-bond donors (Lipinski definition) is 0. The highest BCUT2D eigenvalue weighted by Gasteiger charge is 2.48. The van der Waals surface area contributed by atoms with Gasteiger partial charge in [-0.25, -0.2) is 0 Å². The molecule has 0 spiro atoms. The van der Waals surface area contributed by atoms with E-state index in [2.05, 4.69) is 0 Å². The number of fused-ring (bicyclic) bond motifs is 5. The molecule has 3 unspecified atom stereocenters. The Hall–Kier alpha value is -2.44. The van der Waals surface area contributed by atoms with Gasteiger partial charge in [-0.05, 0) is 12.1 Å². The fraction of sp³-hybridized carbons (Fsp3) is 0.389. The minimum atomic E-state index is -4.46. The lowest BCUT2D eigenvalue weighted by Crippen LogP contribution is -2.44. The molecule has 0 fully saturated rings. The lowest BCUT2D eigenvalue weighted by atomic mass is 9.76. The zero-order valence-corrected chi connectivity index (χ0v) is 13.4. The van der Waals surface area contributed by atoms with Gasteiger partial charge >= 0.3 is 12.1 Å². The standard InChI is InChI=1S/C18H16F3NO3/c1-24-17(23)11-8-14-13(18(19,20)21)6-7-22(14)16-10-4-2-3-5-15(10)25-9-12(11)16/h2-7,11-12,16H,8-9H2,1H3. The SMILES string of the molecule is COC(=O)C1Cc2c(C(F)(F)F)ccn2C2c3ccccc3OCC12. The first-order valence-corrected chi connectivity index (χ1v) is 7.98. The van der Waals surface area contributed by atoms with Crippen LogP contribution in [0.15, 0.2) is 36.5 Å². The summed E-state index contributed by atoms with van der Waals surface area (Å²) < 4.78 is 52.4. The van der Waals surface area contributed by atoms with Crippen LogP contribution in [0.4, 0.5) is 13.2 Å². The van der Waals surface area contributed by atoms with E-state index < -0.39 is 23.6 Å². The van der Waals surface area contributed by atoms with E-state index in [4.69, 9.17) is 9.47 Å². The monoisotopic (exact) mass is 351 g/mol. The number of para-hydroxylation sites is 1. The van der Waals surface area contributed by atoms with Crippen molar-refractivity contribution in [2.45, 2.75) is 18.6 Å². The Morgan fingerprint density at radius 1 is 1.28 bits per heavy atom. The van der Waals surface area contributed by atoms with Gasteiger partial charge in [0.2, 0.25) is 0 Å². The molecule has 4 nitrogen and oxygen atoms in total. The van der Waals surface area contributed by atoms with E-state index in [1.807, 2.05) is 18.2 Å². The van der Waals surface area contributed by atoms with Gasteiger partial charge in [-0.3, -0.25) is 4.79 Å². The molecule has 4 rings (SSSR count). The molecular formula is C18H16F3NO3. The number of carbonyl (C=O) groups is 1. The van der Waals surface area contributed by atoms with Gasteiger partial charge in [0, 0.05) is 29.8 Å². The van der Waals surface area contributed by atoms with Crippen molar-refractivity contribution >= 4 is 5.97 Å². The molecule has 1 aromatic heterocycles. The highest BCUT2D eigenvalue weighted by molar-refractivity contribution is 5.74. The van der Waals surface area contributed by atoms with Crippen molar-refractivity contribution in [3.05, 3.63) is 53.3 Å². The fourth-order valence-electron chi connectivity index (χ4n) is 4.04. The van der Waals surface area contributed by atoms with Crippen LogP contribution in [0.1, 0.15) is 22.9 Å². The maximum absolute atomic E-state index is 13.4. The highest BCUT2D eigenvalue weighted by Crippen LogP contribution is 2.48. The summed E-state index contributed by atoms with van der Waals surface area (Å²) in [6.45, 7) is 0.264. The van der Waals surface area contributed by atoms with E-state index in [9.17, 15) is 18.0 Å². The largest absolute Gasteiger partial charge is 0.493 e. The van der Waals surface area contributed by atoms with Crippen molar-refractivity contribution in [2.75, 3.05) is 13.7 Å². The summed E-state index contributed by atoms with van der Waals surface area (Å²) in [6, 6.07) is 7.97. The second-order valence-corrected chi connectivity index (χ2v) is 6.37. The lowest BCUT2D eigenvalue weighted by molar-refractivity contribution is -0.150. The summed E-state index contributed by atoms with van der Waals surface area (Å²) >= 11 is 0. The number of rotatable bonds is 1. The number of aromatic nitrogens is 1. The Morgan fingerprint density at radius 2 is 2.04 bits per heavy atom. The molecular weight excluding hydrogens is 335 g/mol. The van der Waals surface area contributed by atoms with Gasteiger partial charge < -0.3 is 14.0 Å². The van der Waals surface area contributed by atoms with E-state index in [1.54, 1.807) is 10.6 Å². The van der Waals surface area contributed by atoms with Crippen molar-refractivity contribution in [1.82, 2.24) is 4.57 Å². The van der Waals surface area contributed by atoms with Crippen LogP contribution in [0.25, 0.3) is 0 Å². The summed E-state index contributed by atoms with van der Waals surface area (Å²) in [5, 5.41) is 0. The molecule has 132 valence electrons. The molecule has 2 aromatic rings. The Bertz CT molecular complexity index is 827. The van der Waals surface area contributed by atoms with Crippen molar-refractivity contribution < 1.29 is 27.4 Å². The first-order valence-electron chi connectivity index (χ1n) is 7.98. The van der Waals surface area contributed by atoms with Crippen LogP contribution in [0, 0.1) is 11.8 Å². The van der Waals surface area contributed by atoms with Gasteiger partial charge in [0.1, 0.15) is 5.75 Å². The molecule has 1 aromatic carbocycles. The van der Waals surface area contributed by atoms with Crippen LogP contribution < -0.4 is 4.74 Å². The third-order valence-electron chi connectivity index (χ3n) is 5.14. The normalized spacial score (nSPS) is 24.6. The van der Waals surface area contributed by atoms with E-state index in [0.717, 1.165) is 11.6 Å². The van der Waals surface area contributed by atoms with E-state index >= 15 is 0 Å². The second-order valence-electron chi connectivity index (χ2n) is 6.37. The molecule has 3 heterocycles. The molecule has 2 aliphatic rings. The Kier molecular flexibility index (Phi) is 3.56. The molecule has 0 saturated carbocycles. The van der Waals surface area contributed by atoms with Crippen LogP contribution in [0.3, 0.4) is 0 Å². The summed E-state index contributed by atoms with van der Waals surface area (Å²) in [4.78, 5) is 12.3. The Balaban J connectivity index is 1.90. The number of nitrogens with zero attached hydrogens (tertiary/aromatic N) is 1. The maximum Gasteiger partial charge on any atom is 0.418 e. The smallest absolute Gasteiger partial charge is 0.418 e. The molecule has 0 saturated heterocycles. The average Bonchev–Trinajstić information content (AvgIpc) is 3.04. The molecule has 7 heteroatoms. The van der Waals surface area contributed by atoms with Gasteiger partial charge in [-0.1, -0.05) is 18.2 Å². The van der Waals surface area contributed by atoms with Crippen LogP contribution in [0.5, 0.6) is 5.75 Å². The zero-order chi connectivity index (χ0) is 17.8. The average molecular weight is 351 g/mol. The Morgan fingerprint density at radius 3 is 2.76 bits per heavy atom. The van der Waals surface area contributed by atoms with Crippen LogP contribution >= 0.6 is 0 Å². The Labute approximate surface area is 142 Å². The van der Waals surface area contributed by atoms with Gasteiger partial charge in [0.05, 0.1) is 31.2 Å². The third kappa shape index (κ3) is 2.41. The predicted molar refractivity (Wildman–Crippen MR) is 82.2 cm³/mol. The van der Waals surface area contributed by atoms with Gasteiger partial charge in [-0.15, -0.1) is 0 Å². The molecule has 0 N–H and O–H groups in total. The molecule has 0 amide bonds. The first kappa shape index (κ1) is 16.1. The fourth-order valence-corrected chi connectivity index (χ4v) is 4.04. The van der Waals surface area contributed by atoms with Gasteiger partial charge in [-0.2, -0.15) is 13.2 Å². The van der Waals surface area contributed by atoms with Crippen molar-refractivity contribution in [2.24, 2.45) is 11.8 Å². The second kappa shape index (κ2) is 5.54. The zero-order valence-electron chi connectivity index (χ0n) is 13.4. The predicted octanol–water partition coefficient (Wildman–Crippen LogP) is 3.45. The summed E-state index contributed by atoms with van der Waals surface area (Å²) in [5.74, 6) is -0.809. The van der Waals surface area contributed by atoms with Crippen molar-refractivity contribution in [3.8, 4) is 5.75 Å². The summed E-state index contributed by atoms with van der Waals surface area (Å²) in [7, 11) is 1.26. The number of ether oxygens (including phenoxy) is 2. The van der Waals surface area contributed by atoms with E-state index in [0.29, 0.717) is 5.75 Å². The van der Waals surface area contributed by atoms with Crippen LogP contribution in [-0.2, 0) is 22.1 Å². The minimum Gasteiger partial charge on any atom is -0.493 e. The van der Waals surface area contributed by atoms with Crippen molar-refractivity contribution in [1.29, 1.82) is 0 Å². The number of methoxy groups -OCH3 is 1. The minimum absolute atomic E-state index is 0.0127. The number of carbonyl (C=O) groups excluding carboxylic acids is 1. The molecule has 3 atom stereocenters. The number of alkyl halides is 3. The molecule has 0 aliphatic carbocycles. The molecule has 2 aliphatic heterocycles. The van der Waals surface area contributed by atoms with Crippen LogP contribution in [-0.4, -0.2) is 24.3 Å². The van der Waals surface area contributed by atoms with E-state index in [-0.39, 0.29) is 30.7 Å². The van der Waals surface area contributed by atoms with Gasteiger partial charge in [0.15, 0.2) is 0 Å². The topological polar surface area (TPSA) is 40.5 Å². The third-order valence-corrected chi connectivity index (χ3v) is 5.14. The number of halogens is 3. The van der Waals surface area contributed by atoms with Gasteiger partial charge in [0.25, 0.3) is 0 Å². The molecule has 25 heavy (non-hydrogen) atoms. The summed E-state index contributed by atoms with van der Waals surface area (Å²) in [5.41, 5.74) is 0.225. The number of hydrogen-bond acceptors (Lipinski definition) is 3. The highest BCUT2D eigenvalue weighted by atomic mass is 19.4. The molecule has 0 bridgehead atoms. The quantitative estimate of drug-likeness (QED) is 0.739.